The van der Waals surface area contributed by atoms with Crippen molar-refractivity contribution in [1.82, 2.24) is 24.9 Å². The van der Waals surface area contributed by atoms with Gasteiger partial charge in [-0.05, 0) is 37.8 Å². The summed E-state index contributed by atoms with van der Waals surface area (Å²) in [6.45, 7) is 2.04. The third kappa shape index (κ3) is 2.74. The molecule has 3 N–H and O–H groups in total. The minimum atomic E-state index is 0.408. The summed E-state index contributed by atoms with van der Waals surface area (Å²) in [5, 5.41) is 8.84. The van der Waals surface area contributed by atoms with Gasteiger partial charge in [0.05, 0.1) is 16.9 Å². The van der Waals surface area contributed by atoms with E-state index in [2.05, 4.69) is 21.5 Å². The van der Waals surface area contributed by atoms with Crippen LogP contribution in [-0.2, 0) is 0 Å². The van der Waals surface area contributed by atoms with Crippen molar-refractivity contribution in [3.05, 3.63) is 36.3 Å². The Balaban J connectivity index is 1.79. The zero-order valence-corrected chi connectivity index (χ0v) is 14.4. The zero-order valence-electron chi connectivity index (χ0n) is 13.6. The van der Waals surface area contributed by atoms with Crippen molar-refractivity contribution in [3.8, 4) is 11.1 Å². The van der Waals surface area contributed by atoms with Crippen LogP contribution in [0.5, 0.6) is 0 Å². The number of nitrogens with two attached hydrogens (primary N) is 1. The van der Waals surface area contributed by atoms with Crippen LogP contribution in [-0.4, -0.2) is 38.9 Å². The summed E-state index contributed by atoms with van der Waals surface area (Å²) in [7, 11) is 0. The van der Waals surface area contributed by atoms with E-state index in [0.717, 1.165) is 47.0 Å². The van der Waals surface area contributed by atoms with Crippen molar-refractivity contribution in [3.63, 3.8) is 0 Å². The SMILES string of the molecule is CSc1ccc(-c2cnn3c(N)cc(C4CCCNC4)nc23)cn1. The fourth-order valence-corrected chi connectivity index (χ4v) is 3.55. The molecule has 1 saturated heterocycles. The molecule has 3 aromatic rings. The number of aromatic nitrogens is 4. The van der Waals surface area contributed by atoms with Gasteiger partial charge in [-0.1, -0.05) is 0 Å². The molecule has 0 radical (unpaired) electrons. The molecule has 0 bridgehead atoms. The molecule has 1 aliphatic heterocycles. The first-order valence-corrected chi connectivity index (χ1v) is 9.34. The van der Waals surface area contributed by atoms with Crippen molar-refractivity contribution in [2.24, 2.45) is 0 Å². The largest absolute Gasteiger partial charge is 0.384 e. The van der Waals surface area contributed by atoms with Crippen LogP contribution in [0.4, 0.5) is 5.82 Å². The summed E-state index contributed by atoms with van der Waals surface area (Å²) >= 11 is 1.63. The van der Waals surface area contributed by atoms with Crippen LogP contribution in [0.25, 0.3) is 16.8 Å². The van der Waals surface area contributed by atoms with Crippen LogP contribution in [0, 0.1) is 0 Å². The van der Waals surface area contributed by atoms with Gasteiger partial charge < -0.3 is 11.1 Å². The number of nitrogen functional groups attached to an aromatic ring is 1. The predicted molar refractivity (Wildman–Crippen MR) is 97.3 cm³/mol. The summed E-state index contributed by atoms with van der Waals surface area (Å²) in [5.41, 5.74) is 10.0. The van der Waals surface area contributed by atoms with Gasteiger partial charge in [0.1, 0.15) is 5.82 Å². The lowest BCUT2D eigenvalue weighted by Crippen LogP contribution is -2.29. The molecule has 1 aliphatic rings. The zero-order chi connectivity index (χ0) is 16.5. The molecule has 6 nitrogen and oxygen atoms in total. The molecule has 0 aromatic carbocycles. The van der Waals surface area contributed by atoms with E-state index < -0.39 is 0 Å². The van der Waals surface area contributed by atoms with E-state index in [1.807, 2.05) is 30.8 Å². The van der Waals surface area contributed by atoms with E-state index in [9.17, 15) is 0 Å². The van der Waals surface area contributed by atoms with Crippen molar-refractivity contribution < 1.29 is 0 Å². The van der Waals surface area contributed by atoms with E-state index >= 15 is 0 Å². The summed E-state index contributed by atoms with van der Waals surface area (Å²) < 4.78 is 1.71. The van der Waals surface area contributed by atoms with Crippen LogP contribution in [0.15, 0.2) is 35.6 Å². The minimum absolute atomic E-state index is 0.408. The van der Waals surface area contributed by atoms with Crippen molar-refractivity contribution in [2.75, 3.05) is 25.1 Å². The molecular formula is C17H20N6S. The smallest absolute Gasteiger partial charge is 0.165 e. The monoisotopic (exact) mass is 340 g/mol. The second kappa shape index (κ2) is 6.41. The second-order valence-electron chi connectivity index (χ2n) is 6.03. The quantitative estimate of drug-likeness (QED) is 0.713. The van der Waals surface area contributed by atoms with E-state index in [-0.39, 0.29) is 0 Å². The first kappa shape index (κ1) is 15.4. The molecule has 0 spiro atoms. The lowest BCUT2D eigenvalue weighted by molar-refractivity contribution is 0.455. The van der Waals surface area contributed by atoms with Gasteiger partial charge in [-0.15, -0.1) is 11.8 Å². The summed E-state index contributed by atoms with van der Waals surface area (Å²) in [6, 6.07) is 6.03. The fourth-order valence-electron chi connectivity index (χ4n) is 3.18. The first-order valence-electron chi connectivity index (χ1n) is 8.11. The number of rotatable bonds is 3. The number of anilines is 1. The standard InChI is InChI=1S/C17H20N6S/c1-24-16-5-4-11(9-20-16)13-10-21-23-15(18)7-14(22-17(13)23)12-3-2-6-19-8-12/h4-5,7,9-10,12,19H,2-3,6,8,18H2,1H3. The van der Waals surface area contributed by atoms with Crippen LogP contribution < -0.4 is 11.1 Å². The summed E-state index contributed by atoms with van der Waals surface area (Å²) in [5.74, 6) is 1.03. The highest BCUT2D eigenvalue weighted by molar-refractivity contribution is 7.98. The molecule has 7 heteroatoms. The lowest BCUT2D eigenvalue weighted by atomic mass is 9.96. The Labute approximate surface area is 144 Å². The molecule has 4 heterocycles. The molecule has 124 valence electrons. The lowest BCUT2D eigenvalue weighted by Gasteiger charge is -2.22. The second-order valence-corrected chi connectivity index (χ2v) is 6.86. The molecule has 1 unspecified atom stereocenters. The van der Waals surface area contributed by atoms with Crippen LogP contribution >= 0.6 is 11.8 Å². The van der Waals surface area contributed by atoms with Gasteiger partial charge in [-0.25, -0.2) is 9.97 Å². The van der Waals surface area contributed by atoms with Gasteiger partial charge >= 0.3 is 0 Å². The Morgan fingerprint density at radius 2 is 2.25 bits per heavy atom. The average Bonchev–Trinajstić information content (AvgIpc) is 3.07. The highest BCUT2D eigenvalue weighted by Gasteiger charge is 2.19. The fraction of sp³-hybridized carbons (Fsp3) is 0.353. The number of nitrogens with zero attached hydrogens (tertiary/aromatic N) is 4. The van der Waals surface area contributed by atoms with Gasteiger partial charge in [0.25, 0.3) is 0 Å². The molecule has 3 aromatic heterocycles. The Morgan fingerprint density at radius 3 is 2.96 bits per heavy atom. The van der Waals surface area contributed by atoms with E-state index in [0.29, 0.717) is 11.7 Å². The molecule has 1 atom stereocenters. The number of hydrogen-bond donors (Lipinski definition) is 2. The highest BCUT2D eigenvalue weighted by Crippen LogP contribution is 2.29. The highest BCUT2D eigenvalue weighted by atomic mass is 32.2. The van der Waals surface area contributed by atoms with E-state index in [4.69, 9.17) is 10.7 Å². The van der Waals surface area contributed by atoms with Crippen LogP contribution in [0.3, 0.4) is 0 Å². The third-order valence-corrected chi connectivity index (χ3v) is 5.15. The number of pyridine rings is 1. The predicted octanol–water partition coefficient (Wildman–Crippen LogP) is 2.56. The number of fused-ring (bicyclic) bond motifs is 1. The molecule has 24 heavy (non-hydrogen) atoms. The third-order valence-electron chi connectivity index (χ3n) is 4.49. The average molecular weight is 340 g/mol. The van der Waals surface area contributed by atoms with Gasteiger partial charge in [-0.3, -0.25) is 0 Å². The Kier molecular flexibility index (Phi) is 4.12. The Morgan fingerprint density at radius 1 is 1.33 bits per heavy atom. The summed E-state index contributed by atoms with van der Waals surface area (Å²) in [4.78, 5) is 9.34. The van der Waals surface area contributed by atoms with Gasteiger partial charge in [0.2, 0.25) is 0 Å². The molecule has 4 rings (SSSR count). The van der Waals surface area contributed by atoms with Gasteiger partial charge in [0, 0.05) is 35.9 Å². The van der Waals surface area contributed by atoms with E-state index in [1.54, 1.807) is 16.3 Å². The molecule has 0 aliphatic carbocycles. The molecule has 0 amide bonds. The molecule has 1 fully saturated rings. The number of hydrogen-bond acceptors (Lipinski definition) is 6. The topological polar surface area (TPSA) is 81.1 Å². The van der Waals surface area contributed by atoms with Crippen molar-refractivity contribution in [2.45, 2.75) is 23.8 Å². The minimum Gasteiger partial charge on any atom is -0.384 e. The maximum Gasteiger partial charge on any atom is 0.165 e. The van der Waals surface area contributed by atoms with Crippen molar-refractivity contribution >= 4 is 23.2 Å². The maximum atomic E-state index is 6.22. The number of thioether (sulfide) groups is 1. The molecule has 0 saturated carbocycles. The van der Waals surface area contributed by atoms with Crippen molar-refractivity contribution in [1.29, 1.82) is 0 Å². The summed E-state index contributed by atoms with van der Waals surface area (Å²) in [6.07, 6.45) is 8.02. The molecular weight excluding hydrogens is 320 g/mol. The van der Waals surface area contributed by atoms with Gasteiger partial charge in [-0.2, -0.15) is 9.61 Å². The van der Waals surface area contributed by atoms with Gasteiger partial charge in [0.15, 0.2) is 5.65 Å². The number of nitrogens with one attached hydrogen (secondary N) is 1. The Hall–Kier alpha value is -2.12. The Bertz CT molecular complexity index is 851. The maximum absolute atomic E-state index is 6.22. The normalized spacial score (nSPS) is 18.1. The van der Waals surface area contributed by atoms with Crippen LogP contribution in [0.2, 0.25) is 0 Å². The van der Waals surface area contributed by atoms with E-state index in [1.165, 1.54) is 6.42 Å². The number of piperidine rings is 1. The first-order chi connectivity index (χ1) is 11.8. The van der Waals surface area contributed by atoms with Crippen LogP contribution in [0.1, 0.15) is 24.5 Å².